The molecule has 0 N–H and O–H groups in total. The van der Waals surface area contributed by atoms with Crippen LogP contribution in [-0.4, -0.2) is 27.7 Å². The number of rotatable bonds is 6. The van der Waals surface area contributed by atoms with Crippen molar-refractivity contribution in [1.29, 1.82) is 0 Å². The van der Waals surface area contributed by atoms with Crippen molar-refractivity contribution in [2.24, 2.45) is 0 Å². The fourth-order valence-electron chi connectivity index (χ4n) is 4.60. The lowest BCUT2D eigenvalue weighted by atomic mass is 10.1. The molecular weight excluding hydrogens is 458 g/mol. The number of methoxy groups -OCH3 is 1. The summed E-state index contributed by atoms with van der Waals surface area (Å²) in [6, 6.07) is 23.6. The Morgan fingerprint density at radius 2 is 1.66 bits per heavy atom. The van der Waals surface area contributed by atoms with Crippen LogP contribution in [0.25, 0.3) is 33.0 Å². The normalized spacial score (nSPS) is 12.2. The van der Waals surface area contributed by atoms with E-state index in [1.54, 1.807) is 11.5 Å². The summed E-state index contributed by atoms with van der Waals surface area (Å²) in [5.41, 5.74) is 4.92. The van der Waals surface area contributed by atoms with Crippen LogP contribution in [-0.2, 0) is 6.54 Å². The Morgan fingerprint density at radius 3 is 2.46 bits per heavy atom. The van der Waals surface area contributed by atoms with Crippen molar-refractivity contribution in [3.63, 3.8) is 0 Å². The minimum Gasteiger partial charge on any atom is -0.497 e. The fourth-order valence-corrected chi connectivity index (χ4v) is 5.57. The number of ether oxygens (including phenoxy) is 2. The maximum Gasteiger partial charge on any atom is 0.274 e. The lowest BCUT2D eigenvalue weighted by Crippen LogP contribution is -2.22. The van der Waals surface area contributed by atoms with Gasteiger partial charge in [-0.2, -0.15) is 0 Å². The molecule has 0 saturated carbocycles. The van der Waals surface area contributed by atoms with E-state index in [4.69, 9.17) is 9.47 Å². The van der Waals surface area contributed by atoms with Gasteiger partial charge in [0.05, 0.1) is 29.2 Å². The molecule has 0 aliphatic rings. The molecule has 0 bridgehead atoms. The van der Waals surface area contributed by atoms with Crippen LogP contribution in [0.1, 0.15) is 11.3 Å². The van der Waals surface area contributed by atoms with Crippen LogP contribution < -0.4 is 19.6 Å². The van der Waals surface area contributed by atoms with Crippen LogP contribution in [0.4, 0.5) is 0 Å². The molecule has 3 heterocycles. The molecule has 0 spiro atoms. The molecule has 0 saturated heterocycles. The number of nitrogens with zero attached hydrogens (tertiary/aromatic N) is 3. The molecule has 0 aliphatic carbocycles. The van der Waals surface area contributed by atoms with Gasteiger partial charge in [0.15, 0.2) is 4.96 Å². The number of hydrogen-bond acceptors (Lipinski definition) is 5. The van der Waals surface area contributed by atoms with E-state index in [0.717, 1.165) is 49.7 Å². The highest BCUT2D eigenvalue weighted by molar-refractivity contribution is 7.15. The van der Waals surface area contributed by atoms with Crippen molar-refractivity contribution >= 4 is 44.3 Å². The van der Waals surface area contributed by atoms with Crippen LogP contribution >= 0.6 is 11.3 Å². The highest BCUT2D eigenvalue weighted by atomic mass is 32.1. The second-order valence-corrected chi connectivity index (χ2v) is 9.34. The Balaban J connectivity index is 1.38. The molecule has 3 aromatic heterocycles. The van der Waals surface area contributed by atoms with Gasteiger partial charge in [-0.25, -0.2) is 9.38 Å². The van der Waals surface area contributed by atoms with Crippen LogP contribution in [0.15, 0.2) is 77.6 Å². The van der Waals surface area contributed by atoms with Gasteiger partial charge in [-0.15, -0.1) is 0 Å². The van der Waals surface area contributed by atoms with Gasteiger partial charge in [0, 0.05) is 22.2 Å². The van der Waals surface area contributed by atoms with E-state index < -0.39 is 0 Å². The van der Waals surface area contributed by atoms with Gasteiger partial charge >= 0.3 is 0 Å². The van der Waals surface area contributed by atoms with Crippen LogP contribution in [0.2, 0.25) is 0 Å². The van der Waals surface area contributed by atoms with Crippen LogP contribution in [0.5, 0.6) is 11.5 Å². The monoisotopic (exact) mass is 481 g/mol. The van der Waals surface area contributed by atoms with E-state index in [-0.39, 0.29) is 5.56 Å². The average molecular weight is 482 g/mol. The van der Waals surface area contributed by atoms with E-state index in [0.29, 0.717) is 17.7 Å². The third-order valence-electron chi connectivity index (χ3n) is 6.34. The summed E-state index contributed by atoms with van der Waals surface area (Å²) in [5.74, 6) is 1.60. The Morgan fingerprint density at radius 1 is 0.943 bits per heavy atom. The van der Waals surface area contributed by atoms with Crippen molar-refractivity contribution in [3.05, 3.63) is 98.9 Å². The lowest BCUT2D eigenvalue weighted by molar-refractivity contribution is 0.299. The Bertz CT molecular complexity index is 1800. The number of aromatic nitrogens is 3. The first-order valence-electron chi connectivity index (χ1n) is 11.4. The Kier molecular flexibility index (Phi) is 5.26. The Labute approximate surface area is 205 Å². The number of benzene rings is 3. The maximum atomic E-state index is 13.3. The first-order chi connectivity index (χ1) is 17.1. The summed E-state index contributed by atoms with van der Waals surface area (Å²) < 4.78 is 15.8. The molecule has 0 fully saturated rings. The summed E-state index contributed by atoms with van der Waals surface area (Å²) in [6.07, 6.45) is 2.01. The number of fused-ring (bicyclic) bond motifs is 4. The third kappa shape index (κ3) is 3.65. The summed E-state index contributed by atoms with van der Waals surface area (Å²) >= 11 is 1.43. The van der Waals surface area contributed by atoms with E-state index in [1.807, 2.05) is 66.7 Å². The highest BCUT2D eigenvalue weighted by Gasteiger charge is 2.15. The zero-order valence-corrected chi connectivity index (χ0v) is 20.2. The lowest BCUT2D eigenvalue weighted by Gasteiger charge is -2.11. The molecule has 6 aromatic rings. The molecule has 0 unspecified atom stereocenters. The third-order valence-corrected chi connectivity index (χ3v) is 7.31. The van der Waals surface area contributed by atoms with Gasteiger partial charge in [0.25, 0.3) is 5.56 Å². The number of thiazole rings is 1. The van der Waals surface area contributed by atoms with E-state index in [1.165, 1.54) is 11.3 Å². The molecule has 0 aliphatic heterocycles. The van der Waals surface area contributed by atoms with Gasteiger partial charge in [-0.3, -0.25) is 4.79 Å². The quantitative estimate of drug-likeness (QED) is 0.343. The van der Waals surface area contributed by atoms with Crippen LogP contribution in [0, 0.1) is 6.92 Å². The SMILES string of the molecule is COc1ccc(OCCn2c(C)c(/C=c3\sc4nc5ccccc5n4c3=O)c3ccccc32)cc1. The van der Waals surface area contributed by atoms with Crippen molar-refractivity contribution in [3.8, 4) is 11.5 Å². The van der Waals surface area contributed by atoms with Gasteiger partial charge < -0.3 is 14.0 Å². The molecule has 35 heavy (non-hydrogen) atoms. The smallest absolute Gasteiger partial charge is 0.274 e. The largest absolute Gasteiger partial charge is 0.497 e. The standard InChI is InChI=1S/C28H23N3O3S/c1-18-22(17-26-27(32)31-25-10-6-4-8-23(25)29-28(31)35-26)21-7-3-5-9-24(21)30(18)15-16-34-20-13-11-19(33-2)12-14-20/h3-14,17H,15-16H2,1-2H3/b26-17-. The molecule has 6 rings (SSSR count). The van der Waals surface area contributed by atoms with Crippen molar-refractivity contribution < 1.29 is 9.47 Å². The predicted molar refractivity (Wildman–Crippen MR) is 141 cm³/mol. The van der Waals surface area contributed by atoms with Gasteiger partial charge in [0.2, 0.25) is 0 Å². The highest BCUT2D eigenvalue weighted by Crippen LogP contribution is 2.27. The van der Waals surface area contributed by atoms with E-state index in [9.17, 15) is 4.79 Å². The van der Waals surface area contributed by atoms with Crippen LogP contribution in [0.3, 0.4) is 0 Å². The predicted octanol–water partition coefficient (Wildman–Crippen LogP) is 4.81. The second kappa shape index (κ2) is 8.60. The van der Waals surface area contributed by atoms with Gasteiger partial charge in [-0.1, -0.05) is 41.7 Å². The summed E-state index contributed by atoms with van der Waals surface area (Å²) in [4.78, 5) is 18.7. The minimum atomic E-state index is -0.0298. The molecule has 0 atom stereocenters. The van der Waals surface area contributed by atoms with Gasteiger partial charge in [0.1, 0.15) is 18.1 Å². The summed E-state index contributed by atoms with van der Waals surface area (Å²) in [5, 5.41) is 1.12. The zero-order valence-electron chi connectivity index (χ0n) is 19.4. The first-order valence-corrected chi connectivity index (χ1v) is 12.2. The number of hydrogen-bond donors (Lipinski definition) is 0. The average Bonchev–Trinajstić information content (AvgIpc) is 3.49. The topological polar surface area (TPSA) is 57.8 Å². The second-order valence-electron chi connectivity index (χ2n) is 8.33. The number of para-hydroxylation sites is 3. The molecule has 0 radical (unpaired) electrons. The minimum absolute atomic E-state index is 0.0298. The molecule has 6 nitrogen and oxygen atoms in total. The first kappa shape index (κ1) is 21.4. The molecule has 0 amide bonds. The summed E-state index contributed by atoms with van der Waals surface area (Å²) in [6.45, 7) is 3.31. The maximum absolute atomic E-state index is 13.3. The van der Waals surface area contributed by atoms with Crippen molar-refractivity contribution in [2.45, 2.75) is 13.5 Å². The molecule has 174 valence electrons. The molecule has 3 aromatic carbocycles. The number of imidazole rings is 1. The fraction of sp³-hybridized carbons (Fsp3) is 0.143. The van der Waals surface area contributed by atoms with Crippen molar-refractivity contribution in [2.75, 3.05) is 13.7 Å². The molecule has 7 heteroatoms. The Hall–Kier alpha value is -4.10. The van der Waals surface area contributed by atoms with Gasteiger partial charge in [-0.05, 0) is 55.5 Å². The van der Waals surface area contributed by atoms with E-state index >= 15 is 0 Å². The van der Waals surface area contributed by atoms with E-state index in [2.05, 4.69) is 28.6 Å². The molecular formula is C28H23N3O3S. The van der Waals surface area contributed by atoms with Crippen molar-refractivity contribution in [1.82, 2.24) is 14.0 Å². The summed E-state index contributed by atoms with van der Waals surface area (Å²) in [7, 11) is 1.65. The zero-order chi connectivity index (χ0) is 23.9.